The van der Waals surface area contributed by atoms with Gasteiger partial charge >= 0.3 is 6.18 Å². The zero-order valence-corrected chi connectivity index (χ0v) is 16.3. The van der Waals surface area contributed by atoms with Gasteiger partial charge in [-0.3, -0.25) is 9.59 Å². The van der Waals surface area contributed by atoms with Gasteiger partial charge in [-0.25, -0.2) is 4.39 Å². The second-order valence-electron chi connectivity index (χ2n) is 7.54. The van der Waals surface area contributed by atoms with E-state index < -0.39 is 29.0 Å². The van der Waals surface area contributed by atoms with Gasteiger partial charge in [0.1, 0.15) is 11.4 Å². The van der Waals surface area contributed by atoms with Gasteiger partial charge in [-0.1, -0.05) is 6.07 Å². The van der Waals surface area contributed by atoms with Crippen molar-refractivity contribution in [3.05, 3.63) is 68.9 Å². The maximum Gasteiger partial charge on any atom is 0.419 e. The Morgan fingerprint density at radius 3 is 2.50 bits per heavy atom. The van der Waals surface area contributed by atoms with Crippen molar-refractivity contribution in [3.63, 3.8) is 0 Å². The quantitative estimate of drug-likeness (QED) is 0.732. The summed E-state index contributed by atoms with van der Waals surface area (Å²) in [6.45, 7) is 1.32. The molecule has 1 aromatic carbocycles. The van der Waals surface area contributed by atoms with Gasteiger partial charge in [-0.05, 0) is 61.9 Å². The molecule has 1 fully saturated rings. The molecular formula is C21H22F4N2O3. The van der Waals surface area contributed by atoms with Crippen molar-refractivity contribution in [2.24, 2.45) is 0 Å². The number of hydrogen-bond donors (Lipinski definition) is 2. The number of aromatic nitrogens is 1. The molecule has 30 heavy (non-hydrogen) atoms. The van der Waals surface area contributed by atoms with Crippen LogP contribution in [0.15, 0.2) is 35.3 Å². The van der Waals surface area contributed by atoms with Gasteiger partial charge in [-0.2, -0.15) is 13.2 Å². The molecule has 2 aromatic rings. The number of nitrogens with one attached hydrogen (secondary N) is 1. The lowest BCUT2D eigenvalue weighted by Crippen LogP contribution is -2.36. The number of aryl methyl sites for hydroxylation is 1. The Hall–Kier alpha value is -2.68. The van der Waals surface area contributed by atoms with E-state index in [4.69, 9.17) is 0 Å². The zero-order valence-electron chi connectivity index (χ0n) is 16.3. The largest absolute Gasteiger partial charge is 0.419 e. The molecule has 0 spiro atoms. The van der Waals surface area contributed by atoms with Gasteiger partial charge in [-0.15, -0.1) is 0 Å². The molecule has 9 heteroatoms. The van der Waals surface area contributed by atoms with Gasteiger partial charge in [0.2, 0.25) is 0 Å². The molecule has 0 bridgehead atoms. The highest BCUT2D eigenvalue weighted by atomic mass is 19.4. The summed E-state index contributed by atoms with van der Waals surface area (Å²) in [6.07, 6.45) is -1.25. The summed E-state index contributed by atoms with van der Waals surface area (Å²) in [5.74, 6) is -2.10. The number of aliphatic hydroxyl groups excluding tert-OH is 1. The molecule has 0 aliphatic heterocycles. The number of pyridine rings is 1. The average molecular weight is 426 g/mol. The molecule has 0 unspecified atom stereocenters. The second kappa shape index (κ2) is 8.59. The van der Waals surface area contributed by atoms with E-state index >= 15 is 0 Å². The maximum atomic E-state index is 13.4. The molecule has 1 amide bonds. The number of amides is 1. The molecule has 1 aliphatic carbocycles. The summed E-state index contributed by atoms with van der Waals surface area (Å²) in [4.78, 5) is 25.5. The van der Waals surface area contributed by atoms with Crippen molar-refractivity contribution in [2.45, 2.75) is 57.5 Å². The summed E-state index contributed by atoms with van der Waals surface area (Å²) >= 11 is 0. The Morgan fingerprint density at radius 1 is 1.20 bits per heavy atom. The first-order chi connectivity index (χ1) is 14.1. The summed E-state index contributed by atoms with van der Waals surface area (Å²) in [6, 6.07) is 4.00. The molecular weight excluding hydrogens is 404 g/mol. The summed E-state index contributed by atoms with van der Waals surface area (Å²) in [7, 11) is 0. The maximum absolute atomic E-state index is 13.4. The molecule has 2 N–H and O–H groups in total. The van der Waals surface area contributed by atoms with Crippen LogP contribution >= 0.6 is 0 Å². The molecule has 3 rings (SSSR count). The van der Waals surface area contributed by atoms with Crippen LogP contribution in [0, 0.1) is 12.7 Å². The Labute approximate surface area is 170 Å². The number of carbonyl (C=O) groups excluding carboxylic acids is 1. The third-order valence-corrected chi connectivity index (χ3v) is 5.40. The minimum absolute atomic E-state index is 0.0623. The van der Waals surface area contributed by atoms with Crippen LogP contribution in [0.3, 0.4) is 0 Å². The first kappa shape index (κ1) is 22.0. The number of aliphatic hydroxyl groups is 1. The highest BCUT2D eigenvalue weighted by Crippen LogP contribution is 2.32. The molecule has 1 aliphatic rings. The molecule has 0 saturated heterocycles. The minimum atomic E-state index is -4.85. The van der Waals surface area contributed by atoms with Crippen molar-refractivity contribution in [1.82, 2.24) is 9.88 Å². The Morgan fingerprint density at radius 2 is 1.87 bits per heavy atom. The number of rotatable bonds is 4. The molecule has 1 saturated carbocycles. The van der Waals surface area contributed by atoms with Crippen molar-refractivity contribution in [1.29, 1.82) is 0 Å². The van der Waals surface area contributed by atoms with Crippen LogP contribution in [0.2, 0.25) is 0 Å². The second-order valence-corrected chi connectivity index (χ2v) is 7.54. The number of halogens is 4. The molecule has 1 aromatic heterocycles. The highest BCUT2D eigenvalue weighted by molar-refractivity contribution is 5.95. The van der Waals surface area contributed by atoms with Gasteiger partial charge < -0.3 is 15.0 Å². The van der Waals surface area contributed by atoms with E-state index in [1.54, 1.807) is 19.2 Å². The van der Waals surface area contributed by atoms with Gasteiger partial charge in [0.05, 0.1) is 11.7 Å². The van der Waals surface area contributed by atoms with Crippen LogP contribution in [0.4, 0.5) is 17.6 Å². The van der Waals surface area contributed by atoms with E-state index in [1.807, 2.05) is 0 Å². The fraction of sp³-hybridized carbons (Fsp3) is 0.429. The predicted octanol–water partition coefficient (Wildman–Crippen LogP) is 3.72. The van der Waals surface area contributed by atoms with E-state index in [1.165, 1.54) is 4.57 Å². The molecule has 5 nitrogen and oxygen atoms in total. The van der Waals surface area contributed by atoms with E-state index in [9.17, 15) is 32.3 Å². The Bertz CT molecular complexity index is 993. The van der Waals surface area contributed by atoms with E-state index in [-0.39, 0.29) is 29.8 Å². The summed E-state index contributed by atoms with van der Waals surface area (Å²) in [5, 5.41) is 12.1. The Kier molecular flexibility index (Phi) is 6.30. The predicted molar refractivity (Wildman–Crippen MR) is 102 cm³/mol. The van der Waals surface area contributed by atoms with Crippen molar-refractivity contribution >= 4 is 5.91 Å². The summed E-state index contributed by atoms with van der Waals surface area (Å²) < 4.78 is 53.5. The number of nitrogens with zero attached hydrogens (tertiary/aromatic N) is 1. The lowest BCUT2D eigenvalue weighted by atomic mass is 9.92. The topological polar surface area (TPSA) is 71.3 Å². The number of benzene rings is 1. The van der Waals surface area contributed by atoms with E-state index in [0.717, 1.165) is 6.07 Å². The number of hydrogen-bond acceptors (Lipinski definition) is 3. The number of carbonyl (C=O) groups is 1. The molecule has 0 radical (unpaired) electrons. The fourth-order valence-corrected chi connectivity index (χ4v) is 3.71. The normalized spacial score (nSPS) is 19.5. The lowest BCUT2D eigenvalue weighted by molar-refractivity contribution is -0.140. The third kappa shape index (κ3) is 4.72. The monoisotopic (exact) mass is 426 g/mol. The standard InChI is InChI=1S/C21H22F4N2O3/c1-12-8-9-27(14-3-5-15(28)6-4-14)20(30)18(12)19(29)26-11-13-2-7-17(22)16(10-13)21(23,24)25/h2,7-10,14-15,28H,3-6,11H2,1H3,(H,26,29). The first-order valence-electron chi connectivity index (χ1n) is 9.61. The SMILES string of the molecule is Cc1ccn(C2CCC(O)CC2)c(=O)c1C(=O)NCc1ccc(F)c(C(F)(F)F)c1. The van der Waals surface area contributed by atoms with Crippen LogP contribution in [-0.2, 0) is 12.7 Å². The van der Waals surface area contributed by atoms with E-state index in [2.05, 4.69) is 5.32 Å². The highest BCUT2D eigenvalue weighted by Gasteiger charge is 2.34. The fourth-order valence-electron chi connectivity index (χ4n) is 3.71. The van der Waals surface area contributed by atoms with Crippen LogP contribution in [-0.4, -0.2) is 21.7 Å². The Balaban J connectivity index is 1.79. The van der Waals surface area contributed by atoms with Gasteiger partial charge in [0, 0.05) is 18.8 Å². The number of alkyl halides is 3. The smallest absolute Gasteiger partial charge is 0.393 e. The minimum Gasteiger partial charge on any atom is -0.393 e. The van der Waals surface area contributed by atoms with Gasteiger partial charge in [0.25, 0.3) is 11.5 Å². The molecule has 0 atom stereocenters. The first-order valence-corrected chi connectivity index (χ1v) is 9.61. The van der Waals surface area contributed by atoms with Crippen LogP contribution < -0.4 is 10.9 Å². The molecule has 1 heterocycles. The van der Waals surface area contributed by atoms with E-state index in [0.29, 0.717) is 43.4 Å². The van der Waals surface area contributed by atoms with Crippen LogP contribution in [0.5, 0.6) is 0 Å². The van der Waals surface area contributed by atoms with Crippen molar-refractivity contribution in [2.75, 3.05) is 0 Å². The van der Waals surface area contributed by atoms with Crippen molar-refractivity contribution in [3.8, 4) is 0 Å². The van der Waals surface area contributed by atoms with Gasteiger partial charge in [0.15, 0.2) is 0 Å². The third-order valence-electron chi connectivity index (χ3n) is 5.40. The van der Waals surface area contributed by atoms with Crippen molar-refractivity contribution < 1.29 is 27.5 Å². The lowest BCUT2D eigenvalue weighted by Gasteiger charge is -2.27. The van der Waals surface area contributed by atoms with Crippen LogP contribution in [0.25, 0.3) is 0 Å². The van der Waals surface area contributed by atoms with Crippen LogP contribution in [0.1, 0.15) is 58.8 Å². The molecule has 162 valence electrons. The average Bonchev–Trinajstić information content (AvgIpc) is 2.67. The zero-order chi connectivity index (χ0) is 22.1. The summed E-state index contributed by atoms with van der Waals surface area (Å²) in [5.41, 5.74) is -1.47.